The van der Waals surface area contributed by atoms with Crippen molar-refractivity contribution in [2.24, 2.45) is 11.7 Å². The molecule has 139 valence electrons. The van der Waals surface area contributed by atoms with Crippen molar-refractivity contribution in [2.75, 3.05) is 13.1 Å². The molecule has 0 aromatic heterocycles. The molecule has 2 fully saturated rings. The molecule has 2 atom stereocenters. The summed E-state index contributed by atoms with van der Waals surface area (Å²) < 4.78 is 0. The smallest absolute Gasteiger partial charge is 0.225 e. The summed E-state index contributed by atoms with van der Waals surface area (Å²) in [7, 11) is 0. The average molecular weight is 347 g/mol. The van der Waals surface area contributed by atoms with Crippen LogP contribution in [0.15, 0.2) is 0 Å². The van der Waals surface area contributed by atoms with Crippen molar-refractivity contribution in [3.8, 4) is 6.07 Å². The minimum atomic E-state index is -0.856. The summed E-state index contributed by atoms with van der Waals surface area (Å²) in [6.45, 7) is 3.16. The minimum absolute atomic E-state index is 0.0378. The molecule has 1 aliphatic carbocycles. The van der Waals surface area contributed by atoms with E-state index in [-0.39, 0.29) is 17.9 Å². The van der Waals surface area contributed by atoms with E-state index in [9.17, 15) is 14.9 Å². The minimum Gasteiger partial charge on any atom is -0.370 e. The van der Waals surface area contributed by atoms with E-state index < -0.39 is 5.54 Å². The van der Waals surface area contributed by atoms with Gasteiger partial charge in [-0.15, -0.1) is 0 Å². The maximum absolute atomic E-state index is 12.3. The van der Waals surface area contributed by atoms with Crippen molar-refractivity contribution in [1.82, 2.24) is 10.2 Å². The first-order valence-electron chi connectivity index (χ1n) is 9.57. The zero-order valence-corrected chi connectivity index (χ0v) is 15.3. The predicted molar refractivity (Wildman–Crippen MR) is 96.1 cm³/mol. The third-order valence-corrected chi connectivity index (χ3v) is 5.66. The van der Waals surface area contributed by atoms with Gasteiger partial charge in [0.25, 0.3) is 0 Å². The van der Waals surface area contributed by atoms with Crippen LogP contribution >= 0.6 is 0 Å². The van der Waals surface area contributed by atoms with Crippen molar-refractivity contribution in [3.63, 3.8) is 0 Å². The van der Waals surface area contributed by atoms with E-state index in [1.54, 1.807) is 6.42 Å². The molecule has 2 rings (SSSR count). The largest absolute Gasteiger partial charge is 0.370 e. The molecule has 1 saturated heterocycles. The summed E-state index contributed by atoms with van der Waals surface area (Å²) in [6, 6.07) is 2.34. The van der Waals surface area contributed by atoms with Gasteiger partial charge in [-0.2, -0.15) is 5.26 Å². The molecule has 0 bridgehead atoms. The van der Waals surface area contributed by atoms with Crippen LogP contribution in [0.25, 0.3) is 0 Å². The molecular formula is C19H31N4O2. The first-order valence-corrected chi connectivity index (χ1v) is 9.57. The number of hydrogen-bond acceptors (Lipinski definition) is 4. The fourth-order valence-electron chi connectivity index (χ4n) is 4.12. The number of nitriles is 1. The standard InChI is InChI=1S/C19H31N4O2/c1-2-16(12-17(21)24)23-11-10-19(13-20,14-23)22-18(25)9-8-15-6-4-3-5-7-15/h9,15-16H,2-8,10-12,14H2,1H3,(H2,21,24)(H,22,25). The van der Waals surface area contributed by atoms with Gasteiger partial charge in [0, 0.05) is 32.0 Å². The van der Waals surface area contributed by atoms with Crippen LogP contribution in [-0.2, 0) is 9.59 Å². The third kappa shape index (κ3) is 5.71. The number of hydrogen-bond donors (Lipinski definition) is 2. The van der Waals surface area contributed by atoms with Crippen molar-refractivity contribution in [2.45, 2.75) is 76.3 Å². The second-order valence-electron chi connectivity index (χ2n) is 7.58. The first-order chi connectivity index (χ1) is 12.0. The molecular weight excluding hydrogens is 316 g/mol. The van der Waals surface area contributed by atoms with Gasteiger partial charge in [-0.3, -0.25) is 14.5 Å². The summed E-state index contributed by atoms with van der Waals surface area (Å²) in [5.74, 6) is 0.140. The van der Waals surface area contributed by atoms with Crippen molar-refractivity contribution in [3.05, 3.63) is 6.42 Å². The maximum Gasteiger partial charge on any atom is 0.225 e. The molecule has 0 aromatic rings. The Kier molecular flexibility index (Phi) is 7.24. The molecule has 6 nitrogen and oxygen atoms in total. The van der Waals surface area contributed by atoms with Crippen LogP contribution in [0.1, 0.15) is 64.7 Å². The molecule has 1 saturated carbocycles. The lowest BCUT2D eigenvalue weighted by Crippen LogP contribution is -2.50. The second-order valence-corrected chi connectivity index (χ2v) is 7.58. The van der Waals surface area contributed by atoms with Gasteiger partial charge in [0.1, 0.15) is 5.54 Å². The Morgan fingerprint density at radius 2 is 2.12 bits per heavy atom. The molecule has 2 aliphatic rings. The van der Waals surface area contributed by atoms with Crippen LogP contribution in [0, 0.1) is 23.7 Å². The van der Waals surface area contributed by atoms with E-state index in [1.807, 2.05) is 6.92 Å². The lowest BCUT2D eigenvalue weighted by Gasteiger charge is -2.28. The van der Waals surface area contributed by atoms with E-state index in [4.69, 9.17) is 5.73 Å². The van der Waals surface area contributed by atoms with E-state index in [0.29, 0.717) is 31.8 Å². The Bertz CT molecular complexity index is 510. The lowest BCUT2D eigenvalue weighted by atomic mass is 9.86. The monoisotopic (exact) mass is 347 g/mol. The zero-order valence-electron chi connectivity index (χ0n) is 15.3. The van der Waals surface area contributed by atoms with Gasteiger partial charge >= 0.3 is 0 Å². The average Bonchev–Trinajstić information content (AvgIpc) is 3.03. The number of carbonyl (C=O) groups excluding carboxylic acids is 2. The van der Waals surface area contributed by atoms with E-state index >= 15 is 0 Å². The Morgan fingerprint density at radius 3 is 2.72 bits per heavy atom. The number of nitrogens with two attached hydrogens (primary N) is 1. The van der Waals surface area contributed by atoms with Crippen LogP contribution in [-0.4, -0.2) is 41.4 Å². The van der Waals surface area contributed by atoms with E-state index in [1.165, 1.54) is 32.1 Å². The van der Waals surface area contributed by atoms with Crippen LogP contribution in [0.4, 0.5) is 0 Å². The predicted octanol–water partition coefficient (Wildman–Crippen LogP) is 1.90. The van der Waals surface area contributed by atoms with Crippen LogP contribution in [0.3, 0.4) is 0 Å². The highest BCUT2D eigenvalue weighted by Crippen LogP contribution is 2.28. The van der Waals surface area contributed by atoms with E-state index in [2.05, 4.69) is 16.3 Å². The first kappa shape index (κ1) is 19.7. The number of nitrogens with one attached hydrogen (secondary N) is 1. The Hall–Kier alpha value is -1.61. The molecule has 2 unspecified atom stereocenters. The Morgan fingerprint density at radius 1 is 1.40 bits per heavy atom. The van der Waals surface area contributed by atoms with E-state index in [0.717, 1.165) is 12.8 Å². The van der Waals surface area contributed by atoms with Crippen molar-refractivity contribution >= 4 is 11.8 Å². The Labute approximate surface area is 151 Å². The fourth-order valence-corrected chi connectivity index (χ4v) is 4.12. The molecule has 3 N–H and O–H groups in total. The highest BCUT2D eigenvalue weighted by molar-refractivity contribution is 5.85. The number of primary amides is 1. The normalized spacial score (nSPS) is 26.1. The number of rotatable bonds is 8. The van der Waals surface area contributed by atoms with Gasteiger partial charge in [-0.05, 0) is 25.2 Å². The SMILES string of the molecule is CCC(CC(N)=O)N1CCC(C#N)(NC(=O)[CH]CC2CCCCC2)C1. The van der Waals surface area contributed by atoms with Gasteiger partial charge in [0.2, 0.25) is 11.8 Å². The van der Waals surface area contributed by atoms with Gasteiger partial charge < -0.3 is 11.1 Å². The van der Waals surface area contributed by atoms with Crippen molar-refractivity contribution < 1.29 is 9.59 Å². The number of likely N-dealkylation sites (tertiary alicyclic amines) is 1. The third-order valence-electron chi connectivity index (χ3n) is 5.66. The quantitative estimate of drug-likeness (QED) is 0.700. The summed E-state index contributed by atoms with van der Waals surface area (Å²) in [6.07, 6.45) is 10.4. The topological polar surface area (TPSA) is 99.2 Å². The fraction of sp³-hybridized carbons (Fsp3) is 0.789. The Balaban J connectivity index is 1.84. The second kappa shape index (κ2) is 9.19. The number of amides is 2. The zero-order chi connectivity index (χ0) is 18.3. The van der Waals surface area contributed by atoms with Crippen LogP contribution in [0.2, 0.25) is 0 Å². The number of carbonyl (C=O) groups is 2. The van der Waals surface area contributed by atoms with Gasteiger partial charge in [-0.1, -0.05) is 39.0 Å². The molecule has 2 amide bonds. The summed E-state index contributed by atoms with van der Waals surface area (Å²) in [4.78, 5) is 25.7. The highest BCUT2D eigenvalue weighted by Gasteiger charge is 2.41. The van der Waals surface area contributed by atoms with Gasteiger partial charge in [0.05, 0.1) is 6.07 Å². The van der Waals surface area contributed by atoms with Crippen LogP contribution in [0.5, 0.6) is 0 Å². The maximum atomic E-state index is 12.3. The summed E-state index contributed by atoms with van der Waals surface area (Å²) in [5.41, 5.74) is 4.47. The molecule has 1 heterocycles. The number of nitrogens with zero attached hydrogens (tertiary/aromatic N) is 2. The molecule has 25 heavy (non-hydrogen) atoms. The van der Waals surface area contributed by atoms with Crippen molar-refractivity contribution in [1.29, 1.82) is 5.26 Å². The molecule has 1 aliphatic heterocycles. The van der Waals surface area contributed by atoms with Gasteiger partial charge in [-0.25, -0.2) is 0 Å². The van der Waals surface area contributed by atoms with Gasteiger partial charge in [0.15, 0.2) is 0 Å². The highest BCUT2D eigenvalue weighted by atomic mass is 16.2. The molecule has 0 spiro atoms. The summed E-state index contributed by atoms with van der Waals surface area (Å²) >= 11 is 0. The molecule has 0 aromatic carbocycles. The van der Waals surface area contributed by atoms with Crippen LogP contribution < -0.4 is 11.1 Å². The summed E-state index contributed by atoms with van der Waals surface area (Å²) in [5, 5.41) is 12.6. The molecule has 6 heteroatoms. The molecule has 1 radical (unpaired) electrons. The lowest BCUT2D eigenvalue weighted by molar-refractivity contribution is -0.120.